The van der Waals surface area contributed by atoms with E-state index in [1.165, 1.54) is 35.6 Å². The second kappa shape index (κ2) is 6.52. The summed E-state index contributed by atoms with van der Waals surface area (Å²) in [7, 11) is -2.09. The van der Waals surface area contributed by atoms with Crippen LogP contribution < -0.4 is 5.32 Å². The molecule has 0 heterocycles. The SMILES string of the molecule is CC(C)N(C)S(=O)(=O)c1ccc(C(=O)NCC2(C(=O)O)CC2)cc1. The molecule has 1 fully saturated rings. The van der Waals surface area contributed by atoms with E-state index < -0.39 is 27.3 Å². The van der Waals surface area contributed by atoms with E-state index in [0.717, 1.165) is 0 Å². The highest BCUT2D eigenvalue weighted by Crippen LogP contribution is 2.45. The number of carbonyl (C=O) groups is 2. The Hall–Kier alpha value is -1.93. The second-order valence-electron chi connectivity index (χ2n) is 6.41. The fourth-order valence-electron chi connectivity index (χ4n) is 2.19. The van der Waals surface area contributed by atoms with Crippen LogP contribution in [-0.4, -0.2) is 49.3 Å². The van der Waals surface area contributed by atoms with Gasteiger partial charge in [0.15, 0.2) is 0 Å². The van der Waals surface area contributed by atoms with E-state index in [4.69, 9.17) is 5.11 Å². The van der Waals surface area contributed by atoms with Crippen molar-refractivity contribution in [3.63, 3.8) is 0 Å². The van der Waals surface area contributed by atoms with Gasteiger partial charge in [-0.15, -0.1) is 0 Å². The van der Waals surface area contributed by atoms with Crippen LogP contribution in [0.1, 0.15) is 37.0 Å². The fourth-order valence-corrected chi connectivity index (χ4v) is 3.56. The van der Waals surface area contributed by atoms with E-state index in [0.29, 0.717) is 18.4 Å². The van der Waals surface area contributed by atoms with E-state index in [2.05, 4.69) is 5.32 Å². The van der Waals surface area contributed by atoms with Crippen LogP contribution in [0.15, 0.2) is 29.2 Å². The lowest BCUT2D eigenvalue weighted by atomic mass is 10.1. The van der Waals surface area contributed by atoms with E-state index in [1.807, 2.05) is 0 Å². The maximum atomic E-state index is 12.4. The molecule has 0 aliphatic heterocycles. The monoisotopic (exact) mass is 354 g/mol. The third-order valence-electron chi connectivity index (χ3n) is 4.42. The van der Waals surface area contributed by atoms with Crippen LogP contribution >= 0.6 is 0 Å². The Morgan fingerprint density at radius 1 is 1.25 bits per heavy atom. The molecular formula is C16H22N2O5S. The predicted molar refractivity (Wildman–Crippen MR) is 88.2 cm³/mol. The number of aliphatic carboxylic acids is 1. The molecule has 1 saturated carbocycles. The van der Waals surface area contributed by atoms with Crippen molar-refractivity contribution in [3.05, 3.63) is 29.8 Å². The number of carbonyl (C=O) groups excluding carboxylic acids is 1. The average Bonchev–Trinajstić information content (AvgIpc) is 3.33. The van der Waals surface area contributed by atoms with Gasteiger partial charge in [-0.25, -0.2) is 8.42 Å². The summed E-state index contributed by atoms with van der Waals surface area (Å²) in [6, 6.07) is 5.44. The Balaban J connectivity index is 2.06. The third kappa shape index (κ3) is 3.59. The maximum Gasteiger partial charge on any atom is 0.311 e. The standard InChI is InChI=1S/C16H22N2O5S/c1-11(2)18(3)24(22,23)13-6-4-12(5-7-13)14(19)17-10-16(8-9-16)15(20)21/h4-7,11H,8-10H2,1-3H3,(H,17,19)(H,20,21). The summed E-state index contributed by atoms with van der Waals surface area (Å²) >= 11 is 0. The van der Waals surface area contributed by atoms with Crippen LogP contribution in [-0.2, 0) is 14.8 Å². The van der Waals surface area contributed by atoms with Crippen LogP contribution in [0.5, 0.6) is 0 Å². The molecule has 2 N–H and O–H groups in total. The molecule has 7 nitrogen and oxygen atoms in total. The Bertz CT molecular complexity index is 736. The molecular weight excluding hydrogens is 332 g/mol. The van der Waals surface area contributed by atoms with Gasteiger partial charge in [0.1, 0.15) is 0 Å². The van der Waals surface area contributed by atoms with Gasteiger partial charge in [-0.3, -0.25) is 9.59 Å². The largest absolute Gasteiger partial charge is 0.481 e. The average molecular weight is 354 g/mol. The minimum atomic E-state index is -3.59. The van der Waals surface area contributed by atoms with Gasteiger partial charge in [0.05, 0.1) is 10.3 Å². The normalized spacial score (nSPS) is 16.2. The van der Waals surface area contributed by atoms with Crippen molar-refractivity contribution in [2.24, 2.45) is 5.41 Å². The summed E-state index contributed by atoms with van der Waals surface area (Å²) in [5.74, 6) is -1.32. The van der Waals surface area contributed by atoms with Crippen molar-refractivity contribution >= 4 is 21.9 Å². The molecule has 0 spiro atoms. The van der Waals surface area contributed by atoms with Gasteiger partial charge in [0.25, 0.3) is 5.91 Å². The van der Waals surface area contributed by atoms with Gasteiger partial charge in [0, 0.05) is 25.2 Å². The summed E-state index contributed by atoms with van der Waals surface area (Å²) in [4.78, 5) is 23.3. The molecule has 1 aliphatic carbocycles. The molecule has 1 aromatic rings. The first-order valence-corrected chi connectivity index (χ1v) is 9.14. The van der Waals surface area contributed by atoms with Crippen LogP contribution in [0.25, 0.3) is 0 Å². The molecule has 2 rings (SSSR count). The Kier molecular flexibility index (Phi) is 5.00. The molecule has 0 saturated heterocycles. The van der Waals surface area contributed by atoms with Crippen molar-refractivity contribution < 1.29 is 23.1 Å². The van der Waals surface area contributed by atoms with Crippen molar-refractivity contribution in [2.75, 3.05) is 13.6 Å². The number of hydrogen-bond donors (Lipinski definition) is 2. The van der Waals surface area contributed by atoms with E-state index in [1.54, 1.807) is 13.8 Å². The highest BCUT2D eigenvalue weighted by molar-refractivity contribution is 7.89. The first kappa shape index (κ1) is 18.4. The molecule has 0 aromatic heterocycles. The van der Waals surface area contributed by atoms with Crippen molar-refractivity contribution in [3.8, 4) is 0 Å². The summed E-state index contributed by atoms with van der Waals surface area (Å²) in [5.41, 5.74) is -0.541. The molecule has 1 aromatic carbocycles. The van der Waals surface area contributed by atoms with Crippen LogP contribution in [0, 0.1) is 5.41 Å². The summed E-state index contributed by atoms with van der Waals surface area (Å²) in [5, 5.41) is 11.7. The summed E-state index contributed by atoms with van der Waals surface area (Å²) in [6.45, 7) is 3.63. The van der Waals surface area contributed by atoms with Crippen LogP contribution in [0.3, 0.4) is 0 Å². The number of nitrogens with zero attached hydrogens (tertiary/aromatic N) is 1. The minimum Gasteiger partial charge on any atom is -0.481 e. The van der Waals surface area contributed by atoms with Crippen molar-refractivity contribution in [1.29, 1.82) is 0 Å². The number of sulfonamides is 1. The van der Waals surface area contributed by atoms with Crippen molar-refractivity contribution in [2.45, 2.75) is 37.6 Å². The van der Waals surface area contributed by atoms with Gasteiger partial charge in [0.2, 0.25) is 10.0 Å². The van der Waals surface area contributed by atoms with E-state index in [9.17, 15) is 18.0 Å². The van der Waals surface area contributed by atoms with E-state index in [-0.39, 0.29) is 17.5 Å². The second-order valence-corrected chi connectivity index (χ2v) is 8.41. The fraction of sp³-hybridized carbons (Fsp3) is 0.500. The van der Waals surface area contributed by atoms with Gasteiger partial charge >= 0.3 is 5.97 Å². The van der Waals surface area contributed by atoms with Gasteiger partial charge in [-0.2, -0.15) is 4.31 Å². The zero-order valence-electron chi connectivity index (χ0n) is 13.9. The molecule has 0 atom stereocenters. The molecule has 1 amide bonds. The molecule has 1 aliphatic rings. The highest BCUT2D eigenvalue weighted by atomic mass is 32.2. The highest BCUT2D eigenvalue weighted by Gasteiger charge is 2.50. The number of nitrogens with one attached hydrogen (secondary N) is 1. The lowest BCUT2D eigenvalue weighted by molar-refractivity contribution is -0.143. The van der Waals surface area contributed by atoms with Gasteiger partial charge in [-0.1, -0.05) is 0 Å². The van der Waals surface area contributed by atoms with Crippen molar-refractivity contribution in [1.82, 2.24) is 9.62 Å². The Labute approximate surface area is 141 Å². The van der Waals surface area contributed by atoms with Gasteiger partial charge in [-0.05, 0) is 51.0 Å². The van der Waals surface area contributed by atoms with Crippen LogP contribution in [0.2, 0.25) is 0 Å². The van der Waals surface area contributed by atoms with Gasteiger partial charge < -0.3 is 10.4 Å². The number of carboxylic acid groups (broad SMARTS) is 1. The zero-order valence-corrected chi connectivity index (χ0v) is 14.8. The number of benzene rings is 1. The lowest BCUT2D eigenvalue weighted by Gasteiger charge is -2.21. The predicted octanol–water partition coefficient (Wildman–Crippen LogP) is 1.31. The summed E-state index contributed by atoms with van der Waals surface area (Å²) in [6.07, 6.45) is 1.11. The molecule has 0 bridgehead atoms. The quantitative estimate of drug-likeness (QED) is 0.768. The topological polar surface area (TPSA) is 104 Å². The minimum absolute atomic E-state index is 0.0807. The first-order valence-electron chi connectivity index (χ1n) is 7.70. The molecule has 0 unspecified atom stereocenters. The van der Waals surface area contributed by atoms with Crippen LogP contribution in [0.4, 0.5) is 0 Å². The Morgan fingerprint density at radius 3 is 2.21 bits per heavy atom. The molecule has 0 radical (unpaired) electrons. The number of hydrogen-bond acceptors (Lipinski definition) is 4. The molecule has 24 heavy (non-hydrogen) atoms. The Morgan fingerprint density at radius 2 is 1.79 bits per heavy atom. The number of carboxylic acids is 1. The zero-order chi connectivity index (χ0) is 18.1. The van der Waals surface area contributed by atoms with E-state index >= 15 is 0 Å². The smallest absolute Gasteiger partial charge is 0.311 e. The third-order valence-corrected chi connectivity index (χ3v) is 6.46. The maximum absolute atomic E-state index is 12.4. The molecule has 8 heteroatoms. The summed E-state index contributed by atoms with van der Waals surface area (Å²) < 4.78 is 26.0. The first-order chi connectivity index (χ1) is 11.1. The number of rotatable bonds is 7. The lowest BCUT2D eigenvalue weighted by Crippen LogP contribution is -2.34. The molecule has 132 valence electrons. The number of amides is 1.